The smallest absolute Gasteiger partial charge is 0.345 e. The van der Waals surface area contributed by atoms with Gasteiger partial charge in [0.05, 0.1) is 10.6 Å². The number of esters is 1. The van der Waals surface area contributed by atoms with Gasteiger partial charge >= 0.3 is 5.97 Å². The predicted octanol–water partition coefficient (Wildman–Crippen LogP) is 4.64. The summed E-state index contributed by atoms with van der Waals surface area (Å²) in [6.45, 7) is 2.07. The number of nitrogens with zero attached hydrogens (tertiary/aromatic N) is 2. The highest BCUT2D eigenvalue weighted by Gasteiger charge is 2.20. The van der Waals surface area contributed by atoms with Gasteiger partial charge in [0.15, 0.2) is 0 Å². The van der Waals surface area contributed by atoms with Gasteiger partial charge < -0.3 is 4.74 Å². The van der Waals surface area contributed by atoms with E-state index in [1.807, 2.05) is 17.5 Å². The number of carbonyl (C=O) groups is 1. The third kappa shape index (κ3) is 3.94. The fraction of sp³-hybridized carbons (Fsp3) is 0.158. The Bertz CT molecular complexity index is 935. The lowest BCUT2D eigenvalue weighted by molar-refractivity contribution is -0.385. The minimum atomic E-state index is -0.737. The summed E-state index contributed by atoms with van der Waals surface area (Å²) in [5.74, 6) is -0.737. The summed E-state index contributed by atoms with van der Waals surface area (Å²) in [5, 5.41) is 13.6. The van der Waals surface area contributed by atoms with Crippen molar-refractivity contribution in [1.29, 1.82) is 0 Å². The van der Waals surface area contributed by atoms with Crippen LogP contribution in [0.2, 0.25) is 0 Å². The molecule has 6 nitrogen and oxygen atoms in total. The molecule has 0 bridgehead atoms. The third-order valence-corrected chi connectivity index (χ3v) is 4.77. The summed E-state index contributed by atoms with van der Waals surface area (Å²) in [5.41, 5.74) is 2.53. The first-order valence-electron chi connectivity index (χ1n) is 8.02. The quantitative estimate of drug-likeness (QED) is 0.360. The maximum Gasteiger partial charge on any atom is 0.345 e. The molecule has 7 heteroatoms. The zero-order valence-electron chi connectivity index (χ0n) is 14.0. The number of hydrogen-bond donors (Lipinski definition) is 0. The molecule has 0 atom stereocenters. The minimum absolute atomic E-state index is 0.0333. The van der Waals surface area contributed by atoms with E-state index in [4.69, 9.17) is 4.74 Å². The van der Waals surface area contributed by atoms with E-state index < -0.39 is 10.9 Å². The summed E-state index contributed by atoms with van der Waals surface area (Å²) >= 11 is 1.46. The summed E-state index contributed by atoms with van der Waals surface area (Å²) in [7, 11) is 0. The van der Waals surface area contributed by atoms with E-state index in [9.17, 15) is 14.9 Å². The minimum Gasteiger partial charge on any atom is -0.455 e. The van der Waals surface area contributed by atoms with Crippen LogP contribution in [-0.2, 0) is 17.8 Å². The van der Waals surface area contributed by atoms with Crippen LogP contribution in [0, 0.1) is 10.1 Å². The molecule has 0 N–H and O–H groups in total. The molecule has 0 fully saturated rings. The third-order valence-electron chi connectivity index (χ3n) is 3.83. The van der Waals surface area contributed by atoms with Gasteiger partial charge in [0.1, 0.15) is 17.2 Å². The fourth-order valence-electron chi connectivity index (χ4n) is 2.41. The molecule has 0 aliphatic carbocycles. The van der Waals surface area contributed by atoms with Crippen molar-refractivity contribution in [3.05, 3.63) is 80.8 Å². The van der Waals surface area contributed by atoms with Crippen LogP contribution >= 0.6 is 11.3 Å². The number of benzene rings is 2. The van der Waals surface area contributed by atoms with Crippen molar-refractivity contribution in [2.24, 2.45) is 0 Å². The van der Waals surface area contributed by atoms with Crippen molar-refractivity contribution >= 4 is 23.0 Å². The van der Waals surface area contributed by atoms with Crippen LogP contribution in [0.1, 0.15) is 28.5 Å². The molecule has 1 heterocycles. The molecule has 0 aliphatic rings. The van der Waals surface area contributed by atoms with Crippen LogP contribution in [-0.4, -0.2) is 15.9 Å². The second-order valence-electron chi connectivity index (χ2n) is 5.54. The largest absolute Gasteiger partial charge is 0.455 e. The highest BCUT2D eigenvalue weighted by molar-refractivity contribution is 7.13. The van der Waals surface area contributed by atoms with Gasteiger partial charge in [-0.25, -0.2) is 9.78 Å². The standard InChI is InChI=1S/C19H16N2O4S/c1-2-13-7-9-14(10-8-13)18-20-15(12-26-18)11-25-19(22)16-5-3-4-6-17(16)21(23)24/h3-10,12H,2,11H2,1H3. The fourth-order valence-corrected chi connectivity index (χ4v) is 3.22. The predicted molar refractivity (Wildman–Crippen MR) is 99.1 cm³/mol. The highest BCUT2D eigenvalue weighted by atomic mass is 32.1. The molecule has 3 rings (SSSR count). The molecule has 0 saturated heterocycles. The molecular weight excluding hydrogens is 352 g/mol. The van der Waals surface area contributed by atoms with E-state index in [1.165, 1.54) is 35.1 Å². The van der Waals surface area contributed by atoms with E-state index in [1.54, 1.807) is 6.07 Å². The Labute approximate surface area is 154 Å². The van der Waals surface area contributed by atoms with Crippen molar-refractivity contribution in [3.8, 4) is 10.6 Å². The van der Waals surface area contributed by atoms with E-state index in [0.717, 1.165) is 17.0 Å². The average Bonchev–Trinajstić information content (AvgIpc) is 3.15. The maximum atomic E-state index is 12.1. The molecule has 0 radical (unpaired) electrons. The Balaban J connectivity index is 1.68. The van der Waals surface area contributed by atoms with Crippen LogP contribution in [0.25, 0.3) is 10.6 Å². The molecule has 0 unspecified atom stereocenters. The molecule has 0 spiro atoms. The average molecular weight is 368 g/mol. The van der Waals surface area contributed by atoms with Gasteiger partial charge in [-0.05, 0) is 18.1 Å². The Morgan fingerprint density at radius 1 is 1.19 bits per heavy atom. The molecule has 132 valence electrons. The van der Waals surface area contributed by atoms with Crippen LogP contribution < -0.4 is 0 Å². The first-order valence-corrected chi connectivity index (χ1v) is 8.90. The van der Waals surface area contributed by atoms with Gasteiger partial charge in [0.2, 0.25) is 0 Å². The molecule has 1 aromatic heterocycles. The molecule has 0 saturated carbocycles. The zero-order chi connectivity index (χ0) is 18.5. The lowest BCUT2D eigenvalue weighted by Crippen LogP contribution is -2.08. The number of hydrogen-bond acceptors (Lipinski definition) is 6. The summed E-state index contributed by atoms with van der Waals surface area (Å²) in [6, 6.07) is 13.9. The number of carbonyl (C=O) groups excluding carboxylic acids is 1. The van der Waals surface area contributed by atoms with Crippen LogP contribution in [0.4, 0.5) is 5.69 Å². The first kappa shape index (κ1) is 17.8. The van der Waals surface area contributed by atoms with Crippen LogP contribution in [0.15, 0.2) is 53.9 Å². The van der Waals surface area contributed by atoms with Gasteiger partial charge in [-0.15, -0.1) is 11.3 Å². The van der Waals surface area contributed by atoms with E-state index in [-0.39, 0.29) is 17.9 Å². The SMILES string of the molecule is CCc1ccc(-c2nc(COC(=O)c3ccccc3[N+](=O)[O-])cs2)cc1. The molecule has 3 aromatic rings. The van der Waals surface area contributed by atoms with Gasteiger partial charge in [0, 0.05) is 17.0 Å². The van der Waals surface area contributed by atoms with E-state index in [0.29, 0.717) is 5.69 Å². The van der Waals surface area contributed by atoms with Gasteiger partial charge in [-0.1, -0.05) is 43.3 Å². The van der Waals surface area contributed by atoms with Crippen LogP contribution in [0.3, 0.4) is 0 Å². The number of aromatic nitrogens is 1. The zero-order valence-corrected chi connectivity index (χ0v) is 14.9. The number of thiazole rings is 1. The van der Waals surface area contributed by atoms with Gasteiger partial charge in [-0.2, -0.15) is 0 Å². The molecule has 0 amide bonds. The molecule has 26 heavy (non-hydrogen) atoms. The number of nitro benzene ring substituents is 1. The normalized spacial score (nSPS) is 10.5. The molecule has 0 aliphatic heterocycles. The maximum absolute atomic E-state index is 12.1. The highest BCUT2D eigenvalue weighted by Crippen LogP contribution is 2.25. The van der Waals surface area contributed by atoms with Crippen LogP contribution in [0.5, 0.6) is 0 Å². The molecular formula is C19H16N2O4S. The van der Waals surface area contributed by atoms with E-state index >= 15 is 0 Å². The van der Waals surface area contributed by atoms with E-state index in [2.05, 4.69) is 24.0 Å². The van der Waals surface area contributed by atoms with Crippen molar-refractivity contribution in [2.45, 2.75) is 20.0 Å². The van der Waals surface area contributed by atoms with Crippen molar-refractivity contribution in [3.63, 3.8) is 0 Å². The monoisotopic (exact) mass is 368 g/mol. The summed E-state index contributed by atoms with van der Waals surface area (Å²) in [4.78, 5) is 27.0. The topological polar surface area (TPSA) is 82.3 Å². The lowest BCUT2D eigenvalue weighted by atomic mass is 10.1. The first-order chi connectivity index (χ1) is 12.6. The number of aryl methyl sites for hydroxylation is 1. The Hall–Kier alpha value is -3.06. The lowest BCUT2D eigenvalue weighted by Gasteiger charge is -2.03. The number of nitro groups is 1. The van der Waals surface area contributed by atoms with Crippen molar-refractivity contribution in [2.75, 3.05) is 0 Å². The second kappa shape index (κ2) is 7.88. The second-order valence-corrected chi connectivity index (χ2v) is 6.40. The summed E-state index contributed by atoms with van der Waals surface area (Å²) in [6.07, 6.45) is 0.977. The number of para-hydroxylation sites is 1. The Morgan fingerprint density at radius 3 is 2.62 bits per heavy atom. The summed E-state index contributed by atoms with van der Waals surface area (Å²) < 4.78 is 5.19. The van der Waals surface area contributed by atoms with Crippen molar-refractivity contribution in [1.82, 2.24) is 4.98 Å². The van der Waals surface area contributed by atoms with Crippen molar-refractivity contribution < 1.29 is 14.5 Å². The number of rotatable bonds is 6. The molecule has 2 aromatic carbocycles. The Morgan fingerprint density at radius 2 is 1.92 bits per heavy atom. The Kier molecular flexibility index (Phi) is 5.38. The number of ether oxygens (including phenoxy) is 1. The van der Waals surface area contributed by atoms with Gasteiger partial charge in [-0.3, -0.25) is 10.1 Å². The van der Waals surface area contributed by atoms with Gasteiger partial charge in [0.25, 0.3) is 5.69 Å².